The summed E-state index contributed by atoms with van der Waals surface area (Å²) in [7, 11) is 3.19. The van der Waals surface area contributed by atoms with Crippen molar-refractivity contribution in [1.29, 1.82) is 0 Å². The van der Waals surface area contributed by atoms with Crippen molar-refractivity contribution in [1.82, 2.24) is 0 Å². The SMILES string of the molecule is CCCCOC(=O)C1C(C)=NC2=C(C(=O)C[C@H](c3ccc(OC)c(OC)c3)C2)[C@@H]1c1ccccc1Cl. The number of Topliss-reactive ketones (excluding diaryl/α,β-unsaturated/α-hetero) is 1. The smallest absolute Gasteiger partial charge is 0.315 e. The minimum Gasteiger partial charge on any atom is -0.493 e. The van der Waals surface area contributed by atoms with Gasteiger partial charge < -0.3 is 14.2 Å². The van der Waals surface area contributed by atoms with E-state index in [4.69, 9.17) is 30.8 Å². The number of esters is 1. The molecule has 2 aromatic carbocycles. The van der Waals surface area contributed by atoms with E-state index >= 15 is 0 Å². The summed E-state index contributed by atoms with van der Waals surface area (Å²) in [6, 6.07) is 13.1. The van der Waals surface area contributed by atoms with E-state index in [9.17, 15) is 9.59 Å². The Morgan fingerprint density at radius 1 is 1.08 bits per heavy atom. The molecular weight excluding hydrogens is 478 g/mol. The van der Waals surface area contributed by atoms with Crippen molar-refractivity contribution >= 4 is 29.1 Å². The number of carbonyl (C=O) groups is 2. The zero-order valence-electron chi connectivity index (χ0n) is 21.2. The standard InChI is InChI=1S/C29H32ClNO5/c1-5-6-13-36-29(33)26-17(2)31-22-14-19(18-11-12-24(34-3)25(16-18)35-4)15-23(32)28(22)27(26)20-9-7-8-10-21(20)30/h7-12,16,19,26-27H,5-6,13-15H2,1-4H3/t19-,26?,27-/m1/s1. The zero-order valence-corrected chi connectivity index (χ0v) is 21.9. The van der Waals surface area contributed by atoms with Gasteiger partial charge in [-0.2, -0.15) is 0 Å². The predicted molar refractivity (Wildman–Crippen MR) is 140 cm³/mol. The Hall–Kier alpha value is -3.12. The lowest BCUT2D eigenvalue weighted by molar-refractivity contribution is -0.146. The van der Waals surface area contributed by atoms with Crippen LogP contribution in [-0.2, 0) is 14.3 Å². The number of unbranched alkanes of at least 4 members (excludes halogenated alkanes) is 1. The highest BCUT2D eigenvalue weighted by Crippen LogP contribution is 2.48. The van der Waals surface area contributed by atoms with Crippen molar-refractivity contribution in [3.8, 4) is 11.5 Å². The molecule has 0 saturated heterocycles. The molecule has 1 unspecified atom stereocenters. The van der Waals surface area contributed by atoms with Gasteiger partial charge in [-0.1, -0.05) is 49.2 Å². The molecule has 36 heavy (non-hydrogen) atoms. The van der Waals surface area contributed by atoms with Gasteiger partial charge in [-0.05, 0) is 55.0 Å². The van der Waals surface area contributed by atoms with E-state index in [-0.39, 0.29) is 17.7 Å². The van der Waals surface area contributed by atoms with Crippen LogP contribution in [0.5, 0.6) is 11.5 Å². The molecule has 0 bridgehead atoms. The Morgan fingerprint density at radius 2 is 1.83 bits per heavy atom. The van der Waals surface area contributed by atoms with Gasteiger partial charge in [0.05, 0.1) is 20.8 Å². The number of hydrogen-bond acceptors (Lipinski definition) is 6. The van der Waals surface area contributed by atoms with Crippen LogP contribution in [0.2, 0.25) is 5.02 Å². The monoisotopic (exact) mass is 509 g/mol. The molecule has 2 aliphatic rings. The topological polar surface area (TPSA) is 74.2 Å². The average molecular weight is 510 g/mol. The van der Waals surface area contributed by atoms with Crippen LogP contribution in [0.1, 0.15) is 62.5 Å². The molecule has 6 nitrogen and oxygen atoms in total. The molecule has 3 atom stereocenters. The summed E-state index contributed by atoms with van der Waals surface area (Å²) in [4.78, 5) is 31.8. The van der Waals surface area contributed by atoms with E-state index in [0.29, 0.717) is 53.0 Å². The number of benzene rings is 2. The van der Waals surface area contributed by atoms with Crippen LogP contribution in [0.3, 0.4) is 0 Å². The number of carbonyl (C=O) groups excluding carboxylic acids is 2. The number of halogens is 1. The summed E-state index contributed by atoms with van der Waals surface area (Å²) in [5.41, 5.74) is 3.65. The van der Waals surface area contributed by atoms with E-state index in [1.165, 1.54) is 0 Å². The highest BCUT2D eigenvalue weighted by Gasteiger charge is 2.45. The Kier molecular flexibility index (Phi) is 8.14. The fourth-order valence-corrected chi connectivity index (χ4v) is 5.43. The van der Waals surface area contributed by atoms with Gasteiger partial charge in [0, 0.05) is 34.3 Å². The van der Waals surface area contributed by atoms with E-state index in [1.54, 1.807) is 20.3 Å². The van der Waals surface area contributed by atoms with Crippen molar-refractivity contribution in [3.05, 3.63) is 69.9 Å². The Balaban J connectivity index is 1.75. The lowest BCUT2D eigenvalue weighted by atomic mass is 9.69. The summed E-state index contributed by atoms with van der Waals surface area (Å²) >= 11 is 6.62. The van der Waals surface area contributed by atoms with Gasteiger partial charge in [-0.15, -0.1) is 0 Å². The molecule has 0 saturated carbocycles. The molecule has 0 aromatic heterocycles. The molecule has 1 aliphatic heterocycles. The lowest BCUT2D eigenvalue weighted by Crippen LogP contribution is -2.38. The third-order valence-electron chi connectivity index (χ3n) is 7.00. The maximum atomic E-state index is 13.7. The van der Waals surface area contributed by atoms with Crippen molar-refractivity contribution in [2.75, 3.05) is 20.8 Å². The minimum absolute atomic E-state index is 0.0245. The average Bonchev–Trinajstić information content (AvgIpc) is 2.87. The normalized spacial score (nSPS) is 21.5. The third kappa shape index (κ3) is 5.05. The van der Waals surface area contributed by atoms with Crippen LogP contribution in [0.25, 0.3) is 0 Å². The van der Waals surface area contributed by atoms with Crippen LogP contribution in [0.4, 0.5) is 0 Å². The van der Waals surface area contributed by atoms with Crippen molar-refractivity contribution in [3.63, 3.8) is 0 Å². The number of hydrogen-bond donors (Lipinski definition) is 0. The second-order valence-electron chi connectivity index (χ2n) is 9.25. The maximum Gasteiger partial charge on any atom is 0.315 e. The molecule has 0 radical (unpaired) electrons. The molecule has 0 spiro atoms. The van der Waals surface area contributed by atoms with Crippen molar-refractivity contribution < 1.29 is 23.8 Å². The third-order valence-corrected chi connectivity index (χ3v) is 7.35. The lowest BCUT2D eigenvalue weighted by Gasteiger charge is -2.37. The van der Waals surface area contributed by atoms with Crippen LogP contribution in [-0.4, -0.2) is 38.3 Å². The van der Waals surface area contributed by atoms with Crippen molar-refractivity contribution in [2.45, 2.75) is 51.4 Å². The van der Waals surface area contributed by atoms with E-state index in [1.807, 2.05) is 50.2 Å². The number of ether oxygens (including phenoxy) is 3. The molecule has 7 heteroatoms. The van der Waals surface area contributed by atoms with Crippen molar-refractivity contribution in [2.24, 2.45) is 10.9 Å². The number of allylic oxidation sites excluding steroid dienone is 2. The fourth-order valence-electron chi connectivity index (χ4n) is 5.18. The van der Waals surface area contributed by atoms with Gasteiger partial charge in [0.25, 0.3) is 0 Å². The molecule has 0 amide bonds. The Morgan fingerprint density at radius 3 is 2.53 bits per heavy atom. The quantitative estimate of drug-likeness (QED) is 0.309. The van der Waals surface area contributed by atoms with E-state index in [0.717, 1.165) is 24.0 Å². The van der Waals surface area contributed by atoms with Gasteiger partial charge in [-0.3, -0.25) is 14.6 Å². The number of ketones is 1. The molecule has 1 aliphatic carbocycles. The minimum atomic E-state index is -0.693. The summed E-state index contributed by atoms with van der Waals surface area (Å²) in [5, 5.41) is 0.519. The molecule has 2 aromatic rings. The zero-order chi connectivity index (χ0) is 25.8. The second kappa shape index (κ2) is 11.3. The molecule has 0 N–H and O–H groups in total. The first-order chi connectivity index (χ1) is 17.4. The van der Waals surface area contributed by atoms with Gasteiger partial charge >= 0.3 is 5.97 Å². The fraction of sp³-hybridized carbons (Fsp3) is 0.414. The number of rotatable bonds is 8. The van der Waals surface area contributed by atoms with Gasteiger partial charge in [0.15, 0.2) is 17.3 Å². The highest BCUT2D eigenvalue weighted by molar-refractivity contribution is 6.31. The molecule has 190 valence electrons. The second-order valence-corrected chi connectivity index (χ2v) is 9.66. The largest absolute Gasteiger partial charge is 0.493 e. The van der Waals surface area contributed by atoms with Crippen LogP contribution < -0.4 is 9.47 Å². The highest BCUT2D eigenvalue weighted by atomic mass is 35.5. The first kappa shape index (κ1) is 26.0. The summed E-state index contributed by atoms with van der Waals surface area (Å²) in [5.74, 6) is -0.416. The van der Waals surface area contributed by atoms with Crippen LogP contribution >= 0.6 is 11.6 Å². The van der Waals surface area contributed by atoms with E-state index < -0.39 is 11.8 Å². The molecule has 1 heterocycles. The molecule has 4 rings (SSSR count). The first-order valence-electron chi connectivity index (χ1n) is 12.3. The van der Waals surface area contributed by atoms with Crippen LogP contribution in [0, 0.1) is 5.92 Å². The number of nitrogens with zero attached hydrogens (tertiary/aromatic N) is 1. The number of aliphatic imine (C=N–C) groups is 1. The molecule has 0 fully saturated rings. The first-order valence-corrected chi connectivity index (χ1v) is 12.7. The summed E-state index contributed by atoms with van der Waals surface area (Å²) in [6.07, 6.45) is 2.59. The maximum absolute atomic E-state index is 13.7. The van der Waals surface area contributed by atoms with Gasteiger partial charge in [-0.25, -0.2) is 0 Å². The van der Waals surface area contributed by atoms with E-state index in [2.05, 4.69) is 0 Å². The predicted octanol–water partition coefficient (Wildman–Crippen LogP) is 6.28. The Labute approximate surface area is 217 Å². The summed E-state index contributed by atoms with van der Waals surface area (Å²) < 4.78 is 16.4. The molecular formula is C29H32ClNO5. The van der Waals surface area contributed by atoms with Crippen LogP contribution in [0.15, 0.2) is 58.7 Å². The van der Waals surface area contributed by atoms with Gasteiger partial charge in [0.2, 0.25) is 0 Å². The van der Waals surface area contributed by atoms with Gasteiger partial charge in [0.1, 0.15) is 5.92 Å². The number of methoxy groups -OCH3 is 2. The Bertz CT molecular complexity index is 1220. The summed E-state index contributed by atoms with van der Waals surface area (Å²) in [6.45, 7) is 4.22.